The van der Waals surface area contributed by atoms with Gasteiger partial charge in [-0.15, -0.1) is 0 Å². The Hall–Kier alpha value is -2.82. The zero-order chi connectivity index (χ0) is 14.1. The average molecular weight is 267 g/mol. The van der Waals surface area contributed by atoms with Crippen molar-refractivity contribution < 1.29 is 9.90 Å². The lowest BCUT2D eigenvalue weighted by Crippen LogP contribution is -2.24. The van der Waals surface area contributed by atoms with Gasteiger partial charge in [0.05, 0.1) is 16.8 Å². The first-order chi connectivity index (χ1) is 9.66. The molecule has 100 valence electrons. The van der Waals surface area contributed by atoms with E-state index in [1.807, 2.05) is 31.2 Å². The van der Waals surface area contributed by atoms with Crippen molar-refractivity contribution in [2.45, 2.75) is 6.92 Å². The van der Waals surface area contributed by atoms with E-state index in [-0.39, 0.29) is 11.3 Å². The highest BCUT2D eigenvalue weighted by Crippen LogP contribution is 2.18. The number of hydrogen-bond donors (Lipinski definition) is 2. The molecule has 0 atom stereocenters. The third-order valence-corrected chi connectivity index (χ3v) is 3.18. The Morgan fingerprint density at radius 1 is 1.15 bits per heavy atom. The zero-order valence-corrected chi connectivity index (χ0v) is 10.9. The molecule has 0 saturated heterocycles. The molecular weight excluding hydrogens is 254 g/mol. The lowest BCUT2D eigenvalue weighted by atomic mass is 10.2. The molecule has 1 aromatic heterocycles. The number of nitrogens with zero attached hydrogens (tertiary/aromatic N) is 2. The smallest absolute Gasteiger partial charge is 0.275 e. The standard InChI is InChI=1S/C15H13N3O2/c1-10-11-6-2-4-8-13(11)16-18(10)17-15(20)12-7-3-5-9-14(12)19/h2-9,19H,1H3,(H,17,20). The number of amides is 1. The summed E-state index contributed by atoms with van der Waals surface area (Å²) >= 11 is 0. The molecule has 0 aliphatic heterocycles. The molecule has 2 N–H and O–H groups in total. The molecule has 0 unspecified atom stereocenters. The van der Waals surface area contributed by atoms with E-state index in [0.29, 0.717) is 0 Å². The van der Waals surface area contributed by atoms with Gasteiger partial charge in [0.2, 0.25) is 0 Å². The van der Waals surface area contributed by atoms with Crippen LogP contribution in [0.2, 0.25) is 0 Å². The predicted molar refractivity (Wildman–Crippen MR) is 76.3 cm³/mol. The lowest BCUT2D eigenvalue weighted by Gasteiger charge is -2.07. The quantitative estimate of drug-likeness (QED) is 0.749. The second-order valence-electron chi connectivity index (χ2n) is 4.47. The van der Waals surface area contributed by atoms with E-state index < -0.39 is 5.91 Å². The number of carbonyl (C=O) groups is 1. The molecule has 0 spiro atoms. The third kappa shape index (κ3) is 1.99. The Kier molecular flexibility index (Phi) is 2.87. The lowest BCUT2D eigenvalue weighted by molar-refractivity contribution is 0.100. The number of aromatic nitrogens is 2. The topological polar surface area (TPSA) is 67.2 Å². The number of phenols is 1. The number of fused-ring (bicyclic) bond motifs is 1. The van der Waals surface area contributed by atoms with Gasteiger partial charge in [0.15, 0.2) is 0 Å². The maximum absolute atomic E-state index is 12.1. The summed E-state index contributed by atoms with van der Waals surface area (Å²) in [7, 11) is 0. The molecule has 20 heavy (non-hydrogen) atoms. The number of rotatable bonds is 2. The summed E-state index contributed by atoms with van der Waals surface area (Å²) in [5.74, 6) is -0.460. The van der Waals surface area contributed by atoms with Crippen molar-refractivity contribution in [1.29, 1.82) is 0 Å². The molecule has 0 bridgehead atoms. The fourth-order valence-electron chi connectivity index (χ4n) is 2.09. The Balaban J connectivity index is 1.96. The molecule has 1 amide bonds. The van der Waals surface area contributed by atoms with Crippen molar-refractivity contribution in [3.05, 3.63) is 59.8 Å². The van der Waals surface area contributed by atoms with Gasteiger partial charge in [-0.1, -0.05) is 30.3 Å². The molecule has 2 aromatic carbocycles. The van der Waals surface area contributed by atoms with Crippen LogP contribution in [0.4, 0.5) is 0 Å². The van der Waals surface area contributed by atoms with Crippen LogP contribution in [0.15, 0.2) is 48.5 Å². The Labute approximate surface area is 115 Å². The molecule has 0 saturated carbocycles. The summed E-state index contributed by atoms with van der Waals surface area (Å²) < 4.78 is 0. The van der Waals surface area contributed by atoms with Crippen LogP contribution < -0.4 is 5.43 Å². The van der Waals surface area contributed by atoms with Crippen molar-refractivity contribution in [3.63, 3.8) is 0 Å². The van der Waals surface area contributed by atoms with Gasteiger partial charge < -0.3 is 5.11 Å². The highest BCUT2D eigenvalue weighted by atomic mass is 16.3. The maximum atomic E-state index is 12.1. The molecule has 0 radical (unpaired) electrons. The molecule has 1 heterocycles. The fourth-order valence-corrected chi connectivity index (χ4v) is 2.09. The van der Waals surface area contributed by atoms with E-state index in [1.54, 1.807) is 18.2 Å². The van der Waals surface area contributed by atoms with E-state index >= 15 is 0 Å². The van der Waals surface area contributed by atoms with Crippen LogP contribution in [0.5, 0.6) is 5.75 Å². The Morgan fingerprint density at radius 2 is 1.85 bits per heavy atom. The van der Waals surface area contributed by atoms with Gasteiger partial charge in [-0.05, 0) is 25.1 Å². The zero-order valence-electron chi connectivity index (χ0n) is 10.9. The van der Waals surface area contributed by atoms with Crippen LogP contribution in [0.3, 0.4) is 0 Å². The van der Waals surface area contributed by atoms with Crippen LogP contribution in [-0.4, -0.2) is 20.9 Å². The van der Waals surface area contributed by atoms with Crippen molar-refractivity contribution in [3.8, 4) is 5.75 Å². The summed E-state index contributed by atoms with van der Waals surface area (Å²) in [4.78, 5) is 13.6. The minimum atomic E-state index is -0.404. The monoisotopic (exact) mass is 267 g/mol. The third-order valence-electron chi connectivity index (χ3n) is 3.18. The van der Waals surface area contributed by atoms with E-state index in [4.69, 9.17) is 0 Å². The van der Waals surface area contributed by atoms with Gasteiger partial charge in [0.1, 0.15) is 5.75 Å². The average Bonchev–Trinajstić information content (AvgIpc) is 2.76. The molecule has 3 rings (SSSR count). The van der Waals surface area contributed by atoms with Gasteiger partial charge in [-0.25, -0.2) is 5.43 Å². The Morgan fingerprint density at radius 3 is 2.60 bits per heavy atom. The highest BCUT2D eigenvalue weighted by molar-refractivity contribution is 6.02. The van der Waals surface area contributed by atoms with E-state index in [0.717, 1.165) is 16.6 Å². The SMILES string of the molecule is Cc1c2ccccc2nn1NC(=O)c1ccccc1O. The molecule has 5 heteroatoms. The number of para-hydroxylation sites is 1. The van der Waals surface area contributed by atoms with E-state index in [2.05, 4.69) is 10.5 Å². The number of phenolic OH excluding ortho intramolecular Hbond substituents is 1. The highest BCUT2D eigenvalue weighted by Gasteiger charge is 2.13. The number of carbonyl (C=O) groups excluding carboxylic acids is 1. The molecule has 0 aliphatic carbocycles. The molecule has 0 aliphatic rings. The first-order valence-corrected chi connectivity index (χ1v) is 6.20. The van der Waals surface area contributed by atoms with E-state index in [1.165, 1.54) is 10.9 Å². The van der Waals surface area contributed by atoms with E-state index in [9.17, 15) is 9.90 Å². The van der Waals surface area contributed by atoms with Crippen LogP contribution in [0.25, 0.3) is 10.9 Å². The molecule has 3 aromatic rings. The second-order valence-corrected chi connectivity index (χ2v) is 4.47. The van der Waals surface area contributed by atoms with Crippen molar-refractivity contribution >= 4 is 16.8 Å². The second kappa shape index (κ2) is 4.70. The van der Waals surface area contributed by atoms with Crippen molar-refractivity contribution in [2.24, 2.45) is 0 Å². The van der Waals surface area contributed by atoms with Crippen molar-refractivity contribution in [1.82, 2.24) is 9.89 Å². The molecule has 0 fully saturated rings. The normalized spacial score (nSPS) is 10.7. The van der Waals surface area contributed by atoms with Gasteiger partial charge >= 0.3 is 0 Å². The van der Waals surface area contributed by atoms with Gasteiger partial charge in [-0.3, -0.25) is 4.79 Å². The van der Waals surface area contributed by atoms with Gasteiger partial charge in [0.25, 0.3) is 5.91 Å². The van der Waals surface area contributed by atoms with Crippen LogP contribution >= 0.6 is 0 Å². The maximum Gasteiger partial charge on any atom is 0.275 e. The minimum absolute atomic E-state index is 0.0561. The number of aryl methyl sites for hydroxylation is 1. The number of hydrogen-bond acceptors (Lipinski definition) is 3. The first kappa shape index (κ1) is 12.2. The summed E-state index contributed by atoms with van der Waals surface area (Å²) in [6, 6.07) is 14.0. The largest absolute Gasteiger partial charge is 0.507 e. The van der Waals surface area contributed by atoms with Crippen LogP contribution in [0.1, 0.15) is 16.1 Å². The van der Waals surface area contributed by atoms with Crippen LogP contribution in [-0.2, 0) is 0 Å². The molecule has 5 nitrogen and oxygen atoms in total. The fraction of sp³-hybridized carbons (Fsp3) is 0.0667. The molecular formula is C15H13N3O2. The van der Waals surface area contributed by atoms with Gasteiger partial charge in [-0.2, -0.15) is 9.89 Å². The summed E-state index contributed by atoms with van der Waals surface area (Å²) in [5, 5.41) is 15.0. The summed E-state index contributed by atoms with van der Waals surface area (Å²) in [6.07, 6.45) is 0. The van der Waals surface area contributed by atoms with Gasteiger partial charge in [0, 0.05) is 5.39 Å². The van der Waals surface area contributed by atoms with Crippen LogP contribution in [0, 0.1) is 6.92 Å². The number of nitrogens with one attached hydrogen (secondary N) is 1. The summed E-state index contributed by atoms with van der Waals surface area (Å²) in [6.45, 7) is 1.88. The first-order valence-electron chi connectivity index (χ1n) is 6.20. The number of aromatic hydroxyl groups is 1. The Bertz CT molecular complexity index is 793. The summed E-state index contributed by atoms with van der Waals surface area (Å²) in [5.41, 5.74) is 4.52. The predicted octanol–water partition coefficient (Wildman–Crippen LogP) is 2.43. The number of benzene rings is 2. The minimum Gasteiger partial charge on any atom is -0.507 e. The van der Waals surface area contributed by atoms with Crippen molar-refractivity contribution in [2.75, 3.05) is 5.43 Å².